The zero-order chi connectivity index (χ0) is 12.7. The molecule has 0 atom stereocenters. The molecule has 0 aliphatic heterocycles. The van der Waals surface area contributed by atoms with Crippen LogP contribution >= 0.6 is 27.3 Å². The van der Waals surface area contributed by atoms with Crippen molar-refractivity contribution in [2.75, 3.05) is 0 Å². The molecule has 2 N–H and O–H groups in total. The smallest absolute Gasteiger partial charge is 0.0429 e. The highest BCUT2D eigenvalue weighted by atomic mass is 79.9. The fourth-order valence-corrected chi connectivity index (χ4v) is 4.70. The van der Waals surface area contributed by atoms with Gasteiger partial charge in [0.05, 0.1) is 0 Å². The van der Waals surface area contributed by atoms with Crippen LogP contribution in [0.3, 0.4) is 0 Å². The van der Waals surface area contributed by atoms with Gasteiger partial charge in [-0.3, -0.25) is 0 Å². The topological polar surface area (TPSA) is 26.0 Å². The van der Waals surface area contributed by atoms with Crippen molar-refractivity contribution in [3.05, 3.63) is 20.8 Å². The average molecular weight is 316 g/mol. The number of nitrogens with two attached hydrogens (primary N) is 1. The highest BCUT2D eigenvalue weighted by Gasteiger charge is 2.38. The van der Waals surface area contributed by atoms with Crippen molar-refractivity contribution >= 4 is 27.3 Å². The van der Waals surface area contributed by atoms with Gasteiger partial charge >= 0.3 is 0 Å². The summed E-state index contributed by atoms with van der Waals surface area (Å²) >= 11 is 5.36. The molecule has 1 nitrogen and oxygen atoms in total. The monoisotopic (exact) mass is 315 g/mol. The molecule has 1 heterocycles. The molecule has 3 heteroatoms. The van der Waals surface area contributed by atoms with E-state index in [1.54, 1.807) is 11.3 Å². The van der Waals surface area contributed by atoms with E-state index >= 15 is 0 Å². The van der Waals surface area contributed by atoms with E-state index in [-0.39, 0.29) is 5.54 Å². The van der Waals surface area contributed by atoms with Crippen LogP contribution in [-0.4, -0.2) is 0 Å². The van der Waals surface area contributed by atoms with Crippen LogP contribution in [0.25, 0.3) is 0 Å². The lowest BCUT2D eigenvalue weighted by Gasteiger charge is -2.42. The van der Waals surface area contributed by atoms with Crippen molar-refractivity contribution in [2.24, 2.45) is 17.1 Å². The SMILES string of the molecule is CC(C)(C)C1CCC(N)(c2cscc2Br)CC1. The van der Waals surface area contributed by atoms with Crippen molar-refractivity contribution in [3.8, 4) is 0 Å². The molecule has 0 amide bonds. The Kier molecular flexibility index (Phi) is 3.73. The second kappa shape index (κ2) is 4.67. The van der Waals surface area contributed by atoms with Gasteiger partial charge in [-0.05, 0) is 63.9 Å². The van der Waals surface area contributed by atoms with Crippen LogP contribution < -0.4 is 5.73 Å². The number of halogens is 1. The number of rotatable bonds is 1. The van der Waals surface area contributed by atoms with Crippen LogP contribution in [0.15, 0.2) is 15.2 Å². The van der Waals surface area contributed by atoms with Gasteiger partial charge in [0.2, 0.25) is 0 Å². The lowest BCUT2D eigenvalue weighted by atomic mass is 9.66. The Balaban J connectivity index is 2.11. The molecule has 1 aliphatic rings. The van der Waals surface area contributed by atoms with E-state index in [0.717, 1.165) is 18.8 Å². The minimum absolute atomic E-state index is 0.0966. The molecule has 0 radical (unpaired) electrons. The Hall–Kier alpha value is 0.140. The summed E-state index contributed by atoms with van der Waals surface area (Å²) in [6.45, 7) is 7.05. The van der Waals surface area contributed by atoms with Crippen LogP contribution in [0.4, 0.5) is 0 Å². The molecule has 17 heavy (non-hydrogen) atoms. The second-order valence-corrected chi connectivity index (χ2v) is 8.03. The van der Waals surface area contributed by atoms with Crippen molar-refractivity contribution in [2.45, 2.75) is 52.0 Å². The average Bonchev–Trinajstić information content (AvgIpc) is 2.64. The minimum Gasteiger partial charge on any atom is -0.321 e. The lowest BCUT2D eigenvalue weighted by Crippen LogP contribution is -2.42. The van der Waals surface area contributed by atoms with Crippen LogP contribution in [-0.2, 0) is 5.54 Å². The molecule has 0 unspecified atom stereocenters. The second-order valence-electron chi connectivity index (χ2n) is 6.43. The highest BCUT2D eigenvalue weighted by Crippen LogP contribution is 2.46. The fourth-order valence-electron chi connectivity index (χ4n) is 2.91. The lowest BCUT2D eigenvalue weighted by molar-refractivity contribution is 0.134. The summed E-state index contributed by atoms with van der Waals surface area (Å²) in [4.78, 5) is 0. The van der Waals surface area contributed by atoms with Crippen molar-refractivity contribution < 1.29 is 0 Å². The summed E-state index contributed by atoms with van der Waals surface area (Å²) in [6, 6.07) is 0. The third-order valence-corrected chi connectivity index (χ3v) is 5.96. The van der Waals surface area contributed by atoms with Gasteiger partial charge in [0, 0.05) is 15.4 Å². The third kappa shape index (κ3) is 2.77. The van der Waals surface area contributed by atoms with E-state index in [4.69, 9.17) is 5.73 Å². The van der Waals surface area contributed by atoms with Gasteiger partial charge < -0.3 is 5.73 Å². The van der Waals surface area contributed by atoms with Crippen LogP contribution in [0.1, 0.15) is 52.0 Å². The van der Waals surface area contributed by atoms with E-state index in [1.165, 1.54) is 22.9 Å². The zero-order valence-corrected chi connectivity index (χ0v) is 13.3. The summed E-state index contributed by atoms with van der Waals surface area (Å²) in [5, 5.41) is 4.35. The van der Waals surface area contributed by atoms with Crippen molar-refractivity contribution in [1.29, 1.82) is 0 Å². The normalized spacial score (nSPS) is 30.5. The molecule has 0 aromatic carbocycles. The largest absolute Gasteiger partial charge is 0.321 e. The number of hydrogen-bond acceptors (Lipinski definition) is 2. The minimum atomic E-state index is -0.0966. The maximum Gasteiger partial charge on any atom is 0.0429 e. The van der Waals surface area contributed by atoms with Gasteiger partial charge in [-0.25, -0.2) is 0 Å². The van der Waals surface area contributed by atoms with Crippen LogP contribution in [0, 0.1) is 11.3 Å². The maximum absolute atomic E-state index is 6.61. The predicted octanol–water partition coefficient (Wildman–Crippen LogP) is 4.90. The van der Waals surface area contributed by atoms with Crippen LogP contribution in [0.2, 0.25) is 0 Å². The maximum atomic E-state index is 6.61. The molecule has 1 aromatic heterocycles. The van der Waals surface area contributed by atoms with Crippen LogP contribution in [0.5, 0.6) is 0 Å². The molecule has 1 aliphatic carbocycles. The van der Waals surface area contributed by atoms with Gasteiger partial charge in [-0.15, -0.1) is 0 Å². The summed E-state index contributed by atoms with van der Waals surface area (Å²) < 4.78 is 1.19. The first kappa shape index (κ1) is 13.6. The molecule has 1 saturated carbocycles. The van der Waals surface area contributed by atoms with E-state index in [9.17, 15) is 0 Å². The van der Waals surface area contributed by atoms with Gasteiger partial charge in [0.25, 0.3) is 0 Å². The molecule has 0 spiro atoms. The molecule has 0 saturated heterocycles. The summed E-state index contributed by atoms with van der Waals surface area (Å²) in [6.07, 6.45) is 4.74. The van der Waals surface area contributed by atoms with Gasteiger partial charge in [0.15, 0.2) is 0 Å². The Labute approximate surface area is 117 Å². The molecule has 2 rings (SSSR count). The van der Waals surface area contributed by atoms with Gasteiger partial charge in [-0.2, -0.15) is 11.3 Å². The standard InChI is InChI=1S/C14H22BrNS/c1-13(2,3)10-4-6-14(16,7-5-10)11-8-17-9-12(11)15/h8-10H,4-7,16H2,1-3H3. The Morgan fingerprint density at radius 2 is 1.88 bits per heavy atom. The summed E-state index contributed by atoms with van der Waals surface area (Å²) in [5.41, 5.74) is 8.25. The number of thiophene rings is 1. The summed E-state index contributed by atoms with van der Waals surface area (Å²) in [5.74, 6) is 0.816. The first-order valence-electron chi connectivity index (χ1n) is 6.34. The van der Waals surface area contributed by atoms with E-state index in [1.807, 2.05) is 0 Å². The van der Waals surface area contributed by atoms with Gasteiger partial charge in [0.1, 0.15) is 0 Å². The quantitative estimate of drug-likeness (QED) is 0.783. The first-order chi connectivity index (χ1) is 7.83. The zero-order valence-electron chi connectivity index (χ0n) is 10.9. The summed E-state index contributed by atoms with van der Waals surface area (Å²) in [7, 11) is 0. The Morgan fingerprint density at radius 1 is 1.29 bits per heavy atom. The Morgan fingerprint density at radius 3 is 2.29 bits per heavy atom. The molecule has 96 valence electrons. The molecule has 1 fully saturated rings. The predicted molar refractivity (Wildman–Crippen MR) is 79.3 cm³/mol. The molecular weight excluding hydrogens is 294 g/mol. The van der Waals surface area contributed by atoms with E-state index in [2.05, 4.69) is 47.5 Å². The first-order valence-corrected chi connectivity index (χ1v) is 8.07. The van der Waals surface area contributed by atoms with Crippen molar-refractivity contribution in [3.63, 3.8) is 0 Å². The van der Waals surface area contributed by atoms with Crippen molar-refractivity contribution in [1.82, 2.24) is 0 Å². The Bertz CT molecular complexity index is 383. The van der Waals surface area contributed by atoms with Gasteiger partial charge in [-0.1, -0.05) is 20.8 Å². The fraction of sp³-hybridized carbons (Fsp3) is 0.714. The van der Waals surface area contributed by atoms with E-state index < -0.39 is 0 Å². The third-order valence-electron chi connectivity index (χ3n) is 4.25. The molecular formula is C14H22BrNS. The molecule has 1 aromatic rings. The van der Waals surface area contributed by atoms with E-state index in [0.29, 0.717) is 5.41 Å². The number of hydrogen-bond donors (Lipinski definition) is 1. The molecule has 0 bridgehead atoms. The highest BCUT2D eigenvalue weighted by molar-refractivity contribution is 9.10.